The number of carbonyl (C=O) groups excluding carboxylic acids is 2. The molecule has 0 aromatic rings. The molecule has 1 unspecified atom stereocenters. The fourth-order valence-corrected chi connectivity index (χ4v) is 9.01. The number of hydrogen-bond acceptors (Lipinski definition) is 5. The Morgan fingerprint density at radius 2 is 0.544 bits per heavy atom. The number of ether oxygens (including phenoxy) is 2. The van der Waals surface area contributed by atoms with E-state index < -0.39 is 6.10 Å². The number of esters is 2. The molecule has 0 aliphatic rings. The van der Waals surface area contributed by atoms with E-state index in [-0.39, 0.29) is 25.2 Å². The normalized spacial score (nSPS) is 13.2. The van der Waals surface area contributed by atoms with Crippen molar-refractivity contribution in [2.24, 2.45) is 0 Å². The molecule has 0 saturated heterocycles. The van der Waals surface area contributed by atoms with Gasteiger partial charge in [0.05, 0.1) is 6.61 Å². The van der Waals surface area contributed by atoms with Gasteiger partial charge < -0.3 is 14.6 Å². The van der Waals surface area contributed by atoms with E-state index in [1.54, 1.807) is 0 Å². The minimum Gasteiger partial charge on any atom is -0.462 e. The summed E-state index contributed by atoms with van der Waals surface area (Å²) in [6.07, 6.45) is 103. The lowest BCUT2D eigenvalue weighted by atomic mass is 10.0. The topological polar surface area (TPSA) is 72.8 Å². The van der Waals surface area contributed by atoms with Gasteiger partial charge in [-0.25, -0.2) is 0 Å². The van der Waals surface area contributed by atoms with E-state index in [2.05, 4.69) is 160 Å². The van der Waals surface area contributed by atoms with E-state index in [1.807, 2.05) is 0 Å². The number of aliphatic hydroxyl groups excluding tert-OH is 1. The van der Waals surface area contributed by atoms with E-state index >= 15 is 0 Å². The summed E-state index contributed by atoms with van der Waals surface area (Å²) in [5.74, 6) is -0.641. The molecule has 0 heterocycles. The van der Waals surface area contributed by atoms with Crippen molar-refractivity contribution >= 4 is 11.9 Å². The smallest absolute Gasteiger partial charge is 0.306 e. The molecule has 0 aromatic carbocycles. The molecular weight excluding hydrogens is 969 g/mol. The number of aliphatic hydroxyl groups is 1. The third-order valence-corrected chi connectivity index (χ3v) is 13.9. The first kappa shape index (κ1) is 74.8. The van der Waals surface area contributed by atoms with Crippen molar-refractivity contribution in [2.45, 2.75) is 296 Å². The fraction of sp³-hybridized carbons (Fsp3) is 0.649. The Bertz CT molecular complexity index is 1660. The van der Waals surface area contributed by atoms with Gasteiger partial charge in [-0.15, -0.1) is 0 Å². The van der Waals surface area contributed by atoms with Crippen LogP contribution in [-0.2, 0) is 19.1 Å². The zero-order valence-corrected chi connectivity index (χ0v) is 51.3. The minimum atomic E-state index is -0.805. The molecule has 0 aliphatic carbocycles. The lowest BCUT2D eigenvalue weighted by molar-refractivity contribution is -0.161. The Hall–Kier alpha value is -4.22. The zero-order valence-electron chi connectivity index (χ0n) is 51.3. The second-order valence-corrected chi connectivity index (χ2v) is 21.5. The summed E-state index contributed by atoms with van der Waals surface area (Å²) in [6, 6.07) is 0. The predicted molar refractivity (Wildman–Crippen MR) is 347 cm³/mol. The van der Waals surface area contributed by atoms with Crippen LogP contribution in [0.2, 0.25) is 0 Å². The van der Waals surface area contributed by atoms with Gasteiger partial charge >= 0.3 is 11.9 Å². The van der Waals surface area contributed by atoms with Crippen molar-refractivity contribution < 1.29 is 24.2 Å². The van der Waals surface area contributed by atoms with Crippen molar-refractivity contribution in [2.75, 3.05) is 13.2 Å². The van der Waals surface area contributed by atoms with Crippen LogP contribution in [0.4, 0.5) is 0 Å². The van der Waals surface area contributed by atoms with Crippen LogP contribution in [0.5, 0.6) is 0 Å². The third-order valence-electron chi connectivity index (χ3n) is 13.9. The van der Waals surface area contributed by atoms with E-state index in [4.69, 9.17) is 9.47 Å². The SMILES string of the molecule is CC/C=C\C/C=C\C/C=C\C/C=C\C/C=C\C/C=C\C/C=C\C/C=C\C/C=C\C/C=C\C/C=C\C/C=C\CCCCC(=O)OC(CO)COC(=O)CCCCCCCCCCCCCCCCCCCCCCCCCCCC. The summed E-state index contributed by atoms with van der Waals surface area (Å²) >= 11 is 0. The highest BCUT2D eigenvalue weighted by molar-refractivity contribution is 5.70. The van der Waals surface area contributed by atoms with Gasteiger partial charge in [-0.3, -0.25) is 9.59 Å². The van der Waals surface area contributed by atoms with E-state index in [9.17, 15) is 14.7 Å². The molecule has 1 atom stereocenters. The maximum absolute atomic E-state index is 12.3. The first-order valence-electron chi connectivity index (χ1n) is 32.9. The summed E-state index contributed by atoms with van der Waals surface area (Å²) in [5.41, 5.74) is 0. The van der Waals surface area contributed by atoms with Crippen LogP contribution in [0.3, 0.4) is 0 Å². The second kappa shape index (κ2) is 68.1. The minimum absolute atomic E-state index is 0.0890. The van der Waals surface area contributed by atoms with Crippen molar-refractivity contribution in [1.82, 2.24) is 0 Å². The Morgan fingerprint density at radius 3 is 0.823 bits per heavy atom. The molecular formula is C74H122O5. The average molecular weight is 1090 g/mol. The van der Waals surface area contributed by atoms with Crippen LogP contribution in [0.1, 0.15) is 290 Å². The highest BCUT2D eigenvalue weighted by Crippen LogP contribution is 2.17. The molecule has 1 N–H and O–H groups in total. The van der Waals surface area contributed by atoms with Crippen LogP contribution >= 0.6 is 0 Å². The number of rotatable bonds is 59. The van der Waals surface area contributed by atoms with Crippen LogP contribution in [0.25, 0.3) is 0 Å². The van der Waals surface area contributed by atoms with Crippen molar-refractivity contribution in [3.63, 3.8) is 0 Å². The molecule has 0 bridgehead atoms. The molecule has 0 aliphatic heterocycles. The molecule has 0 spiro atoms. The molecule has 0 rings (SSSR count). The van der Waals surface area contributed by atoms with Gasteiger partial charge in [-0.05, 0) is 103 Å². The molecule has 0 amide bonds. The molecule has 79 heavy (non-hydrogen) atoms. The van der Waals surface area contributed by atoms with Gasteiger partial charge in [0.25, 0.3) is 0 Å². The van der Waals surface area contributed by atoms with Crippen LogP contribution in [0, 0.1) is 0 Å². The lowest BCUT2D eigenvalue weighted by Crippen LogP contribution is -2.28. The van der Waals surface area contributed by atoms with Crippen molar-refractivity contribution in [3.8, 4) is 0 Å². The first-order valence-corrected chi connectivity index (χ1v) is 32.9. The Balaban J connectivity index is 3.63. The van der Waals surface area contributed by atoms with Gasteiger partial charge in [0.15, 0.2) is 6.10 Å². The van der Waals surface area contributed by atoms with Gasteiger partial charge in [-0.2, -0.15) is 0 Å². The highest BCUT2D eigenvalue weighted by Gasteiger charge is 2.16. The Kier molecular flexibility index (Phi) is 64.4. The molecule has 0 saturated carbocycles. The summed E-state index contributed by atoms with van der Waals surface area (Å²) in [6.45, 7) is 4.01. The first-order chi connectivity index (χ1) is 39.1. The molecule has 448 valence electrons. The number of unbranched alkanes of at least 4 members (excludes halogenated alkanes) is 27. The summed E-state index contributed by atoms with van der Waals surface area (Å²) in [7, 11) is 0. The standard InChI is InChI=1S/C74H122O5/c1-3-5-7-9-11-13-15-17-19-21-23-25-27-29-31-32-33-34-35-36-37-38-39-40-41-42-43-45-47-49-51-53-55-57-59-61-63-65-67-69-74(77)79-72(70-75)71-78-73(76)68-66-64-62-60-58-56-54-52-50-48-46-44-30-28-26-24-22-20-18-16-14-12-10-8-6-4-2/h5,7,11,13,17,19,23,25,29,31,33-34,36-37,39-40,42-43,47,49,53,55,59,61,72,75H,3-4,6,8-10,12,14-16,18,20-22,24,26-28,30,32,35,38,41,44-46,48,50-52,54,56-58,60,62-71H2,1-2H3/b7-5-,13-11-,19-17-,25-23-,31-29-,34-33-,37-36-,40-39-,43-42-,49-47-,55-53-,61-59-. The second-order valence-electron chi connectivity index (χ2n) is 21.5. The maximum Gasteiger partial charge on any atom is 0.306 e. The summed E-state index contributed by atoms with van der Waals surface area (Å²) in [5, 5.41) is 9.68. The van der Waals surface area contributed by atoms with Crippen LogP contribution < -0.4 is 0 Å². The highest BCUT2D eigenvalue weighted by atomic mass is 16.6. The van der Waals surface area contributed by atoms with Gasteiger partial charge in [0, 0.05) is 12.8 Å². The maximum atomic E-state index is 12.3. The van der Waals surface area contributed by atoms with Gasteiger partial charge in [-0.1, -0.05) is 320 Å². The summed E-state index contributed by atoms with van der Waals surface area (Å²) in [4.78, 5) is 24.6. The molecule has 0 aromatic heterocycles. The monoisotopic (exact) mass is 1090 g/mol. The van der Waals surface area contributed by atoms with Crippen LogP contribution in [0.15, 0.2) is 146 Å². The number of allylic oxidation sites excluding steroid dienone is 24. The van der Waals surface area contributed by atoms with Gasteiger partial charge in [0.2, 0.25) is 0 Å². The predicted octanol–water partition coefficient (Wildman–Crippen LogP) is 22.9. The molecule has 5 heteroatoms. The van der Waals surface area contributed by atoms with Crippen LogP contribution in [-0.4, -0.2) is 36.4 Å². The van der Waals surface area contributed by atoms with E-state index in [0.29, 0.717) is 12.8 Å². The van der Waals surface area contributed by atoms with Crippen molar-refractivity contribution in [1.29, 1.82) is 0 Å². The average Bonchev–Trinajstić information content (AvgIpc) is 3.45. The molecule has 0 radical (unpaired) electrons. The fourth-order valence-electron chi connectivity index (χ4n) is 9.01. The van der Waals surface area contributed by atoms with E-state index in [0.717, 1.165) is 116 Å². The Morgan fingerprint density at radius 1 is 0.304 bits per heavy atom. The number of hydrogen-bond donors (Lipinski definition) is 1. The third kappa shape index (κ3) is 66.2. The molecule has 5 nitrogen and oxygen atoms in total. The lowest BCUT2D eigenvalue weighted by Gasteiger charge is -2.15. The largest absolute Gasteiger partial charge is 0.462 e. The zero-order chi connectivity index (χ0) is 56.9. The van der Waals surface area contributed by atoms with E-state index in [1.165, 1.54) is 148 Å². The van der Waals surface area contributed by atoms with Gasteiger partial charge in [0.1, 0.15) is 6.61 Å². The molecule has 0 fully saturated rings. The number of carbonyl (C=O) groups is 2. The van der Waals surface area contributed by atoms with Crippen molar-refractivity contribution in [3.05, 3.63) is 146 Å². The Labute approximate surface area is 488 Å². The quantitative estimate of drug-likeness (QED) is 0.0373. The summed E-state index contributed by atoms with van der Waals surface area (Å²) < 4.78 is 10.7.